The fourth-order valence-corrected chi connectivity index (χ4v) is 1.42. The van der Waals surface area contributed by atoms with Crippen LogP contribution >= 0.6 is 0 Å². The fraction of sp³-hybridized carbons (Fsp3) is 0.417. The van der Waals surface area contributed by atoms with Gasteiger partial charge in [-0.05, 0) is 19.1 Å². The number of ether oxygens (including phenoxy) is 1. The van der Waals surface area contributed by atoms with E-state index in [9.17, 15) is 18.0 Å². The number of alkyl halides is 3. The second kappa shape index (κ2) is 6.31. The summed E-state index contributed by atoms with van der Waals surface area (Å²) < 4.78 is 41.0. The van der Waals surface area contributed by atoms with E-state index >= 15 is 0 Å². The van der Waals surface area contributed by atoms with Crippen LogP contribution in [0.4, 0.5) is 18.9 Å². The summed E-state index contributed by atoms with van der Waals surface area (Å²) in [6.07, 6.45) is -5.36. The van der Waals surface area contributed by atoms with Gasteiger partial charge in [-0.2, -0.15) is 13.2 Å². The van der Waals surface area contributed by atoms with Gasteiger partial charge in [0, 0.05) is 23.9 Å². The Hall–Kier alpha value is -1.92. The van der Waals surface area contributed by atoms with E-state index in [1.807, 2.05) is 0 Å². The molecule has 0 fully saturated rings. The van der Waals surface area contributed by atoms with Crippen molar-refractivity contribution in [3.63, 3.8) is 0 Å². The Morgan fingerprint density at radius 2 is 2.05 bits per heavy atom. The molecule has 1 aromatic carbocycles. The maximum absolute atomic E-state index is 11.9. The number of amides is 1. The molecule has 0 saturated carbocycles. The third-order valence-corrected chi connectivity index (χ3v) is 2.20. The molecule has 0 saturated heterocycles. The molecule has 19 heavy (non-hydrogen) atoms. The van der Waals surface area contributed by atoms with Crippen LogP contribution in [0.25, 0.3) is 0 Å². The highest BCUT2D eigenvalue weighted by atomic mass is 19.4. The van der Waals surface area contributed by atoms with E-state index in [0.29, 0.717) is 18.0 Å². The predicted octanol–water partition coefficient (Wildman–Crippen LogP) is 2.35. The predicted molar refractivity (Wildman–Crippen MR) is 65.0 cm³/mol. The lowest BCUT2D eigenvalue weighted by molar-refractivity contribution is -0.132. The van der Waals surface area contributed by atoms with E-state index in [1.165, 1.54) is 18.2 Å². The molecule has 106 valence electrons. The number of carbonyl (C=O) groups excluding carboxylic acids is 1. The minimum atomic E-state index is -4.29. The molecule has 0 radical (unpaired) electrons. The van der Waals surface area contributed by atoms with Gasteiger partial charge in [-0.15, -0.1) is 0 Å². The van der Waals surface area contributed by atoms with Crippen molar-refractivity contribution in [2.75, 3.05) is 18.9 Å². The Kier molecular flexibility index (Phi) is 5.02. The number of halogens is 3. The highest BCUT2D eigenvalue weighted by Crippen LogP contribution is 2.20. The summed E-state index contributed by atoms with van der Waals surface area (Å²) >= 11 is 0. The lowest BCUT2D eigenvalue weighted by atomic mass is 10.1. The molecule has 4 nitrogen and oxygen atoms in total. The van der Waals surface area contributed by atoms with Crippen molar-refractivity contribution in [2.45, 2.75) is 19.5 Å². The van der Waals surface area contributed by atoms with E-state index < -0.39 is 25.0 Å². The zero-order chi connectivity index (χ0) is 14.5. The Balaban J connectivity index is 2.66. The normalized spacial score (nSPS) is 11.2. The van der Waals surface area contributed by atoms with Crippen LogP contribution in [0.3, 0.4) is 0 Å². The van der Waals surface area contributed by atoms with E-state index in [2.05, 4.69) is 5.32 Å². The van der Waals surface area contributed by atoms with Crippen LogP contribution < -0.4 is 15.8 Å². The number of carbonyl (C=O) groups is 1. The minimum Gasteiger partial charge on any atom is -0.494 e. The van der Waals surface area contributed by atoms with E-state index in [4.69, 9.17) is 10.5 Å². The molecule has 0 unspecified atom stereocenters. The lowest BCUT2D eigenvalue weighted by Gasteiger charge is -2.10. The number of benzene rings is 1. The zero-order valence-electron chi connectivity index (χ0n) is 10.4. The number of nitrogens with two attached hydrogens (primary N) is 1. The standard InChI is InChI=1S/C12H15F3N2O2/c1-2-19-10-6-8(5-9(16)7-10)11(18)17-4-3-12(13,14)15/h5-7H,2-4,16H2,1H3,(H,17,18). The Morgan fingerprint density at radius 1 is 1.37 bits per heavy atom. The molecule has 0 spiro atoms. The van der Waals surface area contributed by atoms with Gasteiger partial charge in [0.1, 0.15) is 5.75 Å². The maximum atomic E-state index is 11.9. The Bertz CT molecular complexity index is 447. The summed E-state index contributed by atoms with van der Waals surface area (Å²) in [7, 11) is 0. The summed E-state index contributed by atoms with van der Waals surface area (Å²) in [5.41, 5.74) is 6.07. The average molecular weight is 276 g/mol. The summed E-state index contributed by atoms with van der Waals surface area (Å²) in [5, 5.41) is 2.18. The van der Waals surface area contributed by atoms with Crippen LogP contribution in [-0.2, 0) is 0 Å². The second-order valence-corrected chi connectivity index (χ2v) is 3.84. The molecule has 0 heterocycles. The first-order chi connectivity index (χ1) is 8.81. The lowest BCUT2D eigenvalue weighted by Crippen LogP contribution is -2.28. The van der Waals surface area contributed by atoms with Crippen LogP contribution in [-0.4, -0.2) is 25.2 Å². The van der Waals surface area contributed by atoms with Crippen molar-refractivity contribution in [3.8, 4) is 5.75 Å². The first kappa shape index (κ1) is 15.1. The third kappa shape index (κ3) is 5.50. The number of hydrogen-bond donors (Lipinski definition) is 2. The van der Waals surface area contributed by atoms with Gasteiger partial charge >= 0.3 is 6.18 Å². The molecule has 3 N–H and O–H groups in total. The van der Waals surface area contributed by atoms with E-state index in [0.717, 1.165) is 0 Å². The molecule has 0 atom stereocenters. The van der Waals surface area contributed by atoms with E-state index in [1.54, 1.807) is 6.92 Å². The van der Waals surface area contributed by atoms with Crippen LogP contribution in [0.15, 0.2) is 18.2 Å². The van der Waals surface area contributed by atoms with Crippen molar-refractivity contribution >= 4 is 11.6 Å². The minimum absolute atomic E-state index is 0.172. The molecule has 1 aromatic rings. The van der Waals surface area contributed by atoms with Crippen LogP contribution in [0, 0.1) is 0 Å². The Labute approximate surface area is 108 Å². The number of nitrogen functional groups attached to an aromatic ring is 1. The van der Waals surface area contributed by atoms with E-state index in [-0.39, 0.29) is 5.56 Å². The number of anilines is 1. The van der Waals surface area contributed by atoms with Gasteiger partial charge in [0.05, 0.1) is 13.0 Å². The largest absolute Gasteiger partial charge is 0.494 e. The van der Waals surface area contributed by atoms with Crippen molar-refractivity contribution in [1.82, 2.24) is 5.32 Å². The summed E-state index contributed by atoms with van der Waals surface area (Å²) in [5.74, 6) is -0.207. The first-order valence-electron chi connectivity index (χ1n) is 5.70. The number of hydrogen-bond acceptors (Lipinski definition) is 3. The highest BCUT2D eigenvalue weighted by molar-refractivity contribution is 5.95. The molecule has 7 heteroatoms. The van der Waals surface area contributed by atoms with Gasteiger partial charge in [-0.1, -0.05) is 0 Å². The highest BCUT2D eigenvalue weighted by Gasteiger charge is 2.26. The molecule has 1 amide bonds. The van der Waals surface area contributed by atoms with Crippen molar-refractivity contribution < 1.29 is 22.7 Å². The van der Waals surface area contributed by atoms with Gasteiger partial charge in [0.15, 0.2) is 0 Å². The average Bonchev–Trinajstić information content (AvgIpc) is 2.26. The summed E-state index contributed by atoms with van der Waals surface area (Å²) in [4.78, 5) is 11.6. The summed E-state index contributed by atoms with van der Waals surface area (Å²) in [6, 6.07) is 4.35. The van der Waals surface area contributed by atoms with Crippen LogP contribution in [0.1, 0.15) is 23.7 Å². The SMILES string of the molecule is CCOc1cc(N)cc(C(=O)NCCC(F)(F)F)c1. The quantitative estimate of drug-likeness (QED) is 0.811. The third-order valence-electron chi connectivity index (χ3n) is 2.20. The summed E-state index contributed by atoms with van der Waals surface area (Å²) in [6.45, 7) is 1.70. The van der Waals surface area contributed by atoms with Crippen LogP contribution in [0.5, 0.6) is 5.75 Å². The second-order valence-electron chi connectivity index (χ2n) is 3.84. The number of nitrogens with one attached hydrogen (secondary N) is 1. The van der Waals surface area contributed by atoms with Crippen LogP contribution in [0.2, 0.25) is 0 Å². The van der Waals surface area contributed by atoms with Gasteiger partial charge in [0.2, 0.25) is 0 Å². The van der Waals surface area contributed by atoms with Gasteiger partial charge < -0.3 is 15.8 Å². The van der Waals surface area contributed by atoms with Crippen molar-refractivity contribution in [2.24, 2.45) is 0 Å². The van der Waals surface area contributed by atoms with Gasteiger partial charge in [0.25, 0.3) is 5.91 Å². The first-order valence-corrected chi connectivity index (χ1v) is 5.70. The maximum Gasteiger partial charge on any atom is 0.390 e. The molecular formula is C12H15F3N2O2. The monoisotopic (exact) mass is 276 g/mol. The molecule has 0 aliphatic carbocycles. The molecule has 0 bridgehead atoms. The van der Waals surface area contributed by atoms with Crippen molar-refractivity contribution in [3.05, 3.63) is 23.8 Å². The topological polar surface area (TPSA) is 64.3 Å². The Morgan fingerprint density at radius 3 is 2.63 bits per heavy atom. The molecule has 1 rings (SSSR count). The molecule has 0 aliphatic rings. The fourth-order valence-electron chi connectivity index (χ4n) is 1.42. The molecular weight excluding hydrogens is 261 g/mol. The van der Waals surface area contributed by atoms with Gasteiger partial charge in [-0.3, -0.25) is 4.79 Å². The molecule has 0 aromatic heterocycles. The van der Waals surface area contributed by atoms with Crippen molar-refractivity contribution in [1.29, 1.82) is 0 Å². The zero-order valence-corrected chi connectivity index (χ0v) is 10.4. The molecule has 0 aliphatic heterocycles. The smallest absolute Gasteiger partial charge is 0.390 e. The number of rotatable bonds is 5. The van der Waals surface area contributed by atoms with Gasteiger partial charge in [-0.25, -0.2) is 0 Å².